The maximum atomic E-state index is 13.1. The Morgan fingerprint density at radius 1 is 0.971 bits per heavy atom. The minimum Gasteiger partial charge on any atom is -0.494 e. The van der Waals surface area contributed by atoms with E-state index >= 15 is 0 Å². The van der Waals surface area contributed by atoms with Crippen molar-refractivity contribution in [2.45, 2.75) is 65.2 Å². The lowest BCUT2D eigenvalue weighted by Crippen LogP contribution is -2.60. The molecule has 1 aromatic carbocycles. The fourth-order valence-corrected chi connectivity index (χ4v) is 3.73. The van der Waals surface area contributed by atoms with Gasteiger partial charge in [-0.15, -0.1) is 0 Å². The van der Waals surface area contributed by atoms with Crippen LogP contribution in [0.15, 0.2) is 23.2 Å². The number of carbonyl (C=O) groups is 3. The summed E-state index contributed by atoms with van der Waals surface area (Å²) in [5.41, 5.74) is -0.0736. The zero-order valence-corrected chi connectivity index (χ0v) is 20.2. The third-order valence-corrected chi connectivity index (χ3v) is 5.73. The van der Waals surface area contributed by atoms with E-state index in [0.717, 1.165) is 54.5 Å². The Bertz CT molecular complexity index is 917. The van der Waals surface area contributed by atoms with Crippen molar-refractivity contribution in [2.75, 3.05) is 20.2 Å². The van der Waals surface area contributed by atoms with Crippen molar-refractivity contribution >= 4 is 35.4 Å². The number of nitro benzene ring substituents is 1. The number of unbranched alkanes of at least 4 members (excludes halogenated alkanes) is 6. The van der Waals surface area contributed by atoms with Crippen molar-refractivity contribution in [3.8, 4) is 5.75 Å². The second-order valence-corrected chi connectivity index (χ2v) is 8.25. The Kier molecular flexibility index (Phi) is 10.6. The molecule has 0 spiro atoms. The van der Waals surface area contributed by atoms with Crippen molar-refractivity contribution in [3.05, 3.63) is 28.3 Å². The summed E-state index contributed by atoms with van der Waals surface area (Å²) in [7, 11) is 1.39. The molecule has 1 atom stereocenters. The van der Waals surface area contributed by atoms with E-state index in [9.17, 15) is 24.5 Å². The van der Waals surface area contributed by atoms with Crippen LogP contribution in [0.5, 0.6) is 5.75 Å². The standard InChI is InChI=1S/C24H34N4O6/c1-4-6-8-9-10-11-15-27-23(30)19(22(29)26(24(27)31)14-7-5-2)17-25-20-16-18(28(32)33)12-13-21(20)34-3/h12-13,16-17,19H,4-11,14-15H2,1-3H3. The lowest BCUT2D eigenvalue weighted by molar-refractivity contribution is -0.384. The molecule has 0 N–H and O–H groups in total. The van der Waals surface area contributed by atoms with Crippen LogP contribution in [0.2, 0.25) is 0 Å². The highest BCUT2D eigenvalue weighted by molar-refractivity contribution is 6.23. The molecule has 186 valence electrons. The molecule has 1 aliphatic rings. The van der Waals surface area contributed by atoms with Crippen molar-refractivity contribution < 1.29 is 24.0 Å². The Hall–Kier alpha value is -3.30. The normalized spacial score (nSPS) is 16.6. The first-order valence-corrected chi connectivity index (χ1v) is 11.9. The van der Waals surface area contributed by atoms with Crippen LogP contribution in [-0.2, 0) is 9.59 Å². The van der Waals surface area contributed by atoms with Gasteiger partial charge in [0.15, 0.2) is 5.92 Å². The van der Waals surface area contributed by atoms with Gasteiger partial charge in [0, 0.05) is 31.4 Å². The summed E-state index contributed by atoms with van der Waals surface area (Å²) in [5.74, 6) is -2.26. The van der Waals surface area contributed by atoms with E-state index in [1.54, 1.807) is 0 Å². The monoisotopic (exact) mass is 474 g/mol. The van der Waals surface area contributed by atoms with Gasteiger partial charge in [-0.25, -0.2) is 4.79 Å². The minimum absolute atomic E-state index is 0.122. The van der Waals surface area contributed by atoms with Crippen LogP contribution >= 0.6 is 0 Å². The van der Waals surface area contributed by atoms with E-state index in [0.29, 0.717) is 12.8 Å². The molecular formula is C24H34N4O6. The molecule has 4 amide bonds. The number of hydrogen-bond donors (Lipinski definition) is 0. The lowest BCUT2D eigenvalue weighted by Gasteiger charge is -2.35. The highest BCUT2D eigenvalue weighted by Gasteiger charge is 2.44. The maximum absolute atomic E-state index is 13.1. The fourth-order valence-electron chi connectivity index (χ4n) is 3.73. The number of carbonyl (C=O) groups excluding carboxylic acids is 3. The predicted octanol–water partition coefficient (Wildman–Crippen LogP) is 4.87. The van der Waals surface area contributed by atoms with Crippen molar-refractivity contribution in [1.82, 2.24) is 9.80 Å². The number of hydrogen-bond acceptors (Lipinski definition) is 7. The van der Waals surface area contributed by atoms with Crippen molar-refractivity contribution in [3.63, 3.8) is 0 Å². The van der Waals surface area contributed by atoms with Gasteiger partial charge < -0.3 is 4.74 Å². The first-order valence-electron chi connectivity index (χ1n) is 11.9. The number of amides is 4. The van der Waals surface area contributed by atoms with Gasteiger partial charge in [-0.1, -0.05) is 52.4 Å². The summed E-state index contributed by atoms with van der Waals surface area (Å²) < 4.78 is 5.20. The molecule has 34 heavy (non-hydrogen) atoms. The highest BCUT2D eigenvalue weighted by Crippen LogP contribution is 2.31. The lowest BCUT2D eigenvalue weighted by atomic mass is 10.0. The van der Waals surface area contributed by atoms with Gasteiger partial charge in [0.2, 0.25) is 11.8 Å². The number of nitrogens with zero attached hydrogens (tertiary/aromatic N) is 4. The molecule has 0 saturated carbocycles. The number of imide groups is 2. The molecular weight excluding hydrogens is 440 g/mol. The quantitative estimate of drug-likeness (QED) is 0.125. The smallest absolute Gasteiger partial charge is 0.333 e. The molecule has 0 radical (unpaired) electrons. The number of rotatable bonds is 14. The van der Waals surface area contributed by atoms with E-state index in [4.69, 9.17) is 4.74 Å². The molecule has 1 aromatic rings. The number of barbiturate groups is 1. The van der Waals surface area contributed by atoms with E-state index in [1.165, 1.54) is 25.3 Å². The molecule has 0 bridgehead atoms. The number of ether oxygens (including phenoxy) is 1. The minimum atomic E-state index is -1.28. The van der Waals surface area contributed by atoms with Crippen LogP contribution in [0.1, 0.15) is 65.2 Å². The third kappa shape index (κ3) is 6.85. The topological polar surface area (TPSA) is 122 Å². The highest BCUT2D eigenvalue weighted by atomic mass is 16.6. The Morgan fingerprint density at radius 2 is 1.56 bits per heavy atom. The predicted molar refractivity (Wildman–Crippen MR) is 128 cm³/mol. The van der Waals surface area contributed by atoms with Crippen LogP contribution in [0, 0.1) is 16.0 Å². The number of methoxy groups -OCH3 is 1. The second-order valence-electron chi connectivity index (χ2n) is 8.25. The molecule has 10 nitrogen and oxygen atoms in total. The average molecular weight is 475 g/mol. The molecule has 0 aromatic heterocycles. The van der Waals surface area contributed by atoms with Crippen LogP contribution in [0.25, 0.3) is 0 Å². The second kappa shape index (κ2) is 13.4. The molecule has 1 heterocycles. The van der Waals surface area contributed by atoms with Gasteiger partial charge in [0.25, 0.3) is 5.69 Å². The molecule has 10 heteroatoms. The Balaban J connectivity index is 2.26. The fraction of sp³-hybridized carbons (Fsp3) is 0.583. The first-order chi connectivity index (χ1) is 16.3. The van der Waals surface area contributed by atoms with Crippen LogP contribution in [0.4, 0.5) is 16.2 Å². The number of nitro groups is 1. The zero-order valence-electron chi connectivity index (χ0n) is 20.2. The number of aliphatic imine (C=N–C) groups is 1. The van der Waals surface area contributed by atoms with Gasteiger partial charge in [-0.2, -0.15) is 0 Å². The molecule has 1 aliphatic heterocycles. The van der Waals surface area contributed by atoms with E-state index in [1.807, 2.05) is 6.92 Å². The largest absolute Gasteiger partial charge is 0.494 e. The number of urea groups is 1. The van der Waals surface area contributed by atoms with Gasteiger partial charge in [0.1, 0.15) is 11.4 Å². The zero-order chi connectivity index (χ0) is 25.1. The summed E-state index contributed by atoms with van der Waals surface area (Å²) in [6, 6.07) is 3.30. The molecule has 1 fully saturated rings. The van der Waals surface area contributed by atoms with Gasteiger partial charge >= 0.3 is 6.03 Å². The van der Waals surface area contributed by atoms with Crippen LogP contribution in [-0.4, -0.2) is 59.0 Å². The average Bonchev–Trinajstić information content (AvgIpc) is 2.82. The number of non-ortho nitro benzene ring substituents is 1. The summed E-state index contributed by atoms with van der Waals surface area (Å²) >= 11 is 0. The Labute approximate surface area is 200 Å². The number of benzene rings is 1. The van der Waals surface area contributed by atoms with Crippen LogP contribution in [0.3, 0.4) is 0 Å². The maximum Gasteiger partial charge on any atom is 0.333 e. The van der Waals surface area contributed by atoms with Gasteiger partial charge in [-0.3, -0.25) is 34.5 Å². The van der Waals surface area contributed by atoms with E-state index < -0.39 is 28.7 Å². The molecule has 1 unspecified atom stereocenters. The van der Waals surface area contributed by atoms with Gasteiger partial charge in [0.05, 0.1) is 12.0 Å². The summed E-state index contributed by atoms with van der Waals surface area (Å²) in [5, 5.41) is 11.1. The summed E-state index contributed by atoms with van der Waals surface area (Å²) in [6.45, 7) is 4.55. The summed E-state index contributed by atoms with van der Waals surface area (Å²) in [4.78, 5) is 56.1. The van der Waals surface area contributed by atoms with Crippen molar-refractivity contribution in [1.29, 1.82) is 0 Å². The molecule has 2 rings (SSSR count). The van der Waals surface area contributed by atoms with Crippen molar-refractivity contribution in [2.24, 2.45) is 10.9 Å². The third-order valence-electron chi connectivity index (χ3n) is 5.73. The van der Waals surface area contributed by atoms with Crippen LogP contribution < -0.4 is 4.74 Å². The Morgan fingerprint density at radius 3 is 2.15 bits per heavy atom. The molecule has 1 saturated heterocycles. The summed E-state index contributed by atoms with van der Waals surface area (Å²) in [6.07, 6.45) is 8.55. The van der Waals surface area contributed by atoms with Gasteiger partial charge in [-0.05, 0) is 18.9 Å². The molecule has 0 aliphatic carbocycles. The first kappa shape index (κ1) is 26.9. The van der Waals surface area contributed by atoms with E-state index in [2.05, 4.69) is 11.9 Å². The van der Waals surface area contributed by atoms with E-state index in [-0.39, 0.29) is 30.2 Å². The SMILES string of the molecule is CCCCCCCCN1C(=O)C(C=Nc2cc([N+](=O)[O-])ccc2OC)C(=O)N(CCCC)C1=O.